The number of rotatable bonds is 6. The van der Waals surface area contributed by atoms with E-state index in [4.69, 9.17) is 4.74 Å². The fraction of sp³-hybridized carbons (Fsp3) is 0.500. The maximum atomic E-state index is 11.6. The molecule has 0 saturated heterocycles. The molecule has 0 aliphatic heterocycles. The average Bonchev–Trinajstić information content (AvgIpc) is 2.32. The zero-order valence-electron chi connectivity index (χ0n) is 11.1. The Morgan fingerprint density at radius 1 is 1.44 bits per heavy atom. The van der Waals surface area contributed by atoms with Crippen LogP contribution in [0.15, 0.2) is 22.7 Å². The topological polar surface area (TPSA) is 38.3 Å². The summed E-state index contributed by atoms with van der Waals surface area (Å²) in [5.41, 5.74) is 1.57. The summed E-state index contributed by atoms with van der Waals surface area (Å²) in [7, 11) is 0. The third-order valence-electron chi connectivity index (χ3n) is 2.60. The number of hydrogen-bond donors (Lipinski definition) is 1. The Hall–Kier alpha value is -1.03. The summed E-state index contributed by atoms with van der Waals surface area (Å²) in [5, 5.41) is 3.41. The van der Waals surface area contributed by atoms with Crippen LogP contribution in [0.4, 0.5) is 5.69 Å². The molecule has 0 aromatic heterocycles. The van der Waals surface area contributed by atoms with E-state index in [1.807, 2.05) is 6.07 Å². The standard InChI is InChI=1S/C14H20BrNO2/c1-4-6-10(3)16-13-8-7-11(9-12(13)15)14(17)18-5-2/h7-10,16H,4-6H2,1-3H3. The van der Waals surface area contributed by atoms with E-state index in [0.29, 0.717) is 18.2 Å². The summed E-state index contributed by atoms with van der Waals surface area (Å²) in [6.45, 7) is 6.51. The molecule has 4 heteroatoms. The van der Waals surface area contributed by atoms with Gasteiger partial charge < -0.3 is 10.1 Å². The summed E-state index contributed by atoms with van der Waals surface area (Å²) >= 11 is 3.48. The van der Waals surface area contributed by atoms with E-state index in [-0.39, 0.29) is 5.97 Å². The van der Waals surface area contributed by atoms with Gasteiger partial charge in [0.1, 0.15) is 0 Å². The molecule has 0 amide bonds. The maximum absolute atomic E-state index is 11.6. The Kier molecular flexibility index (Phi) is 6.19. The minimum Gasteiger partial charge on any atom is -0.462 e. The lowest BCUT2D eigenvalue weighted by molar-refractivity contribution is 0.0526. The summed E-state index contributed by atoms with van der Waals surface area (Å²) in [6.07, 6.45) is 2.26. The third kappa shape index (κ3) is 4.33. The van der Waals surface area contributed by atoms with Crippen molar-refractivity contribution in [2.45, 2.75) is 39.7 Å². The van der Waals surface area contributed by atoms with Crippen LogP contribution in [0, 0.1) is 0 Å². The van der Waals surface area contributed by atoms with Crippen molar-refractivity contribution in [1.29, 1.82) is 0 Å². The van der Waals surface area contributed by atoms with Crippen molar-refractivity contribution in [2.24, 2.45) is 0 Å². The zero-order valence-corrected chi connectivity index (χ0v) is 12.7. The minimum absolute atomic E-state index is 0.286. The molecule has 0 fully saturated rings. The van der Waals surface area contributed by atoms with Gasteiger partial charge in [-0.2, -0.15) is 0 Å². The van der Waals surface area contributed by atoms with Crippen LogP contribution in [-0.4, -0.2) is 18.6 Å². The summed E-state index contributed by atoms with van der Waals surface area (Å²) in [4.78, 5) is 11.6. The Bertz CT molecular complexity index is 407. The summed E-state index contributed by atoms with van der Waals surface area (Å²) < 4.78 is 5.85. The zero-order chi connectivity index (χ0) is 13.5. The maximum Gasteiger partial charge on any atom is 0.338 e. The Labute approximate surface area is 117 Å². The molecular weight excluding hydrogens is 294 g/mol. The van der Waals surface area contributed by atoms with Crippen molar-refractivity contribution in [3.8, 4) is 0 Å². The van der Waals surface area contributed by atoms with Crippen LogP contribution in [0.25, 0.3) is 0 Å². The second kappa shape index (κ2) is 7.41. The predicted molar refractivity (Wildman–Crippen MR) is 78.1 cm³/mol. The Balaban J connectivity index is 2.76. The van der Waals surface area contributed by atoms with E-state index in [2.05, 4.69) is 35.1 Å². The van der Waals surface area contributed by atoms with Crippen LogP contribution in [0.2, 0.25) is 0 Å². The van der Waals surface area contributed by atoms with Gasteiger partial charge in [-0.1, -0.05) is 13.3 Å². The summed E-state index contributed by atoms with van der Waals surface area (Å²) in [6, 6.07) is 5.89. The van der Waals surface area contributed by atoms with E-state index in [0.717, 1.165) is 23.0 Å². The van der Waals surface area contributed by atoms with Gasteiger partial charge in [-0.25, -0.2) is 4.79 Å². The molecule has 100 valence electrons. The quantitative estimate of drug-likeness (QED) is 0.799. The lowest BCUT2D eigenvalue weighted by Crippen LogP contribution is -2.15. The van der Waals surface area contributed by atoms with Crippen molar-refractivity contribution in [1.82, 2.24) is 0 Å². The lowest BCUT2D eigenvalue weighted by atomic mass is 10.1. The molecule has 0 spiro atoms. The lowest BCUT2D eigenvalue weighted by Gasteiger charge is -2.16. The molecule has 0 radical (unpaired) electrons. The second-order valence-electron chi connectivity index (χ2n) is 4.25. The SMILES string of the molecule is CCCC(C)Nc1ccc(C(=O)OCC)cc1Br. The van der Waals surface area contributed by atoms with Gasteiger partial charge in [0, 0.05) is 16.2 Å². The molecular formula is C14H20BrNO2. The molecule has 1 N–H and O–H groups in total. The summed E-state index contributed by atoms with van der Waals surface area (Å²) in [5.74, 6) is -0.286. The number of carbonyl (C=O) groups is 1. The second-order valence-corrected chi connectivity index (χ2v) is 5.10. The molecule has 1 aromatic carbocycles. The Morgan fingerprint density at radius 2 is 2.17 bits per heavy atom. The van der Waals surface area contributed by atoms with Gasteiger partial charge in [0.25, 0.3) is 0 Å². The highest BCUT2D eigenvalue weighted by molar-refractivity contribution is 9.10. The Morgan fingerprint density at radius 3 is 2.72 bits per heavy atom. The van der Waals surface area contributed by atoms with Crippen LogP contribution in [0.1, 0.15) is 44.0 Å². The highest BCUT2D eigenvalue weighted by atomic mass is 79.9. The molecule has 0 saturated carbocycles. The molecule has 1 atom stereocenters. The van der Waals surface area contributed by atoms with E-state index in [1.54, 1.807) is 19.1 Å². The largest absolute Gasteiger partial charge is 0.462 e. The van der Waals surface area contributed by atoms with Crippen molar-refractivity contribution < 1.29 is 9.53 Å². The highest BCUT2D eigenvalue weighted by Crippen LogP contribution is 2.25. The number of anilines is 1. The molecule has 1 rings (SSSR count). The van der Waals surface area contributed by atoms with Gasteiger partial charge in [-0.05, 0) is 54.4 Å². The molecule has 1 unspecified atom stereocenters. The fourth-order valence-corrected chi connectivity index (χ4v) is 2.24. The monoisotopic (exact) mass is 313 g/mol. The minimum atomic E-state index is -0.286. The number of carbonyl (C=O) groups excluding carboxylic acids is 1. The molecule has 0 bridgehead atoms. The highest BCUT2D eigenvalue weighted by Gasteiger charge is 2.10. The van der Waals surface area contributed by atoms with Crippen LogP contribution >= 0.6 is 15.9 Å². The van der Waals surface area contributed by atoms with Crippen molar-refractivity contribution in [3.63, 3.8) is 0 Å². The van der Waals surface area contributed by atoms with E-state index >= 15 is 0 Å². The normalized spacial score (nSPS) is 12.0. The van der Waals surface area contributed by atoms with Crippen molar-refractivity contribution in [2.75, 3.05) is 11.9 Å². The molecule has 3 nitrogen and oxygen atoms in total. The van der Waals surface area contributed by atoms with Crippen LogP contribution in [-0.2, 0) is 4.74 Å². The number of ether oxygens (including phenoxy) is 1. The number of benzene rings is 1. The van der Waals surface area contributed by atoms with Gasteiger partial charge in [0.05, 0.1) is 12.2 Å². The third-order valence-corrected chi connectivity index (χ3v) is 3.26. The first-order valence-corrected chi connectivity index (χ1v) is 7.11. The van der Waals surface area contributed by atoms with Crippen molar-refractivity contribution >= 4 is 27.6 Å². The van der Waals surface area contributed by atoms with Gasteiger partial charge in [-0.15, -0.1) is 0 Å². The number of nitrogens with one attached hydrogen (secondary N) is 1. The van der Waals surface area contributed by atoms with Gasteiger partial charge in [0.15, 0.2) is 0 Å². The van der Waals surface area contributed by atoms with Crippen LogP contribution in [0.5, 0.6) is 0 Å². The fourth-order valence-electron chi connectivity index (χ4n) is 1.74. The molecule has 0 aliphatic rings. The van der Waals surface area contributed by atoms with Gasteiger partial charge >= 0.3 is 5.97 Å². The molecule has 1 aromatic rings. The molecule has 0 heterocycles. The van der Waals surface area contributed by atoms with Gasteiger partial charge in [-0.3, -0.25) is 0 Å². The first kappa shape index (κ1) is 15.0. The number of hydrogen-bond acceptors (Lipinski definition) is 3. The van der Waals surface area contributed by atoms with E-state index in [9.17, 15) is 4.79 Å². The number of esters is 1. The average molecular weight is 314 g/mol. The van der Waals surface area contributed by atoms with Crippen molar-refractivity contribution in [3.05, 3.63) is 28.2 Å². The van der Waals surface area contributed by atoms with Crippen LogP contribution < -0.4 is 5.32 Å². The first-order chi connectivity index (χ1) is 8.58. The molecule has 0 aliphatic carbocycles. The van der Waals surface area contributed by atoms with Crippen LogP contribution in [0.3, 0.4) is 0 Å². The van der Waals surface area contributed by atoms with E-state index < -0.39 is 0 Å². The van der Waals surface area contributed by atoms with E-state index in [1.165, 1.54) is 0 Å². The van der Waals surface area contributed by atoms with Gasteiger partial charge in [0.2, 0.25) is 0 Å². The molecule has 18 heavy (non-hydrogen) atoms. The smallest absolute Gasteiger partial charge is 0.338 e. The first-order valence-electron chi connectivity index (χ1n) is 6.31. The number of halogens is 1. The predicted octanol–water partition coefficient (Wildman–Crippen LogP) is 4.23.